The Bertz CT molecular complexity index is 549. The summed E-state index contributed by atoms with van der Waals surface area (Å²) < 4.78 is 0. The molecule has 0 amide bonds. The van der Waals surface area contributed by atoms with E-state index in [0.29, 0.717) is 0 Å². The molecule has 2 aromatic carbocycles. The van der Waals surface area contributed by atoms with Crippen LogP contribution in [-0.4, -0.2) is 6.04 Å². The van der Waals surface area contributed by atoms with Crippen molar-refractivity contribution in [3.8, 4) is 11.1 Å². The Hall–Kier alpha value is -1.60. The fraction of sp³-hybridized carbons (Fsp3) is 0.400. The summed E-state index contributed by atoms with van der Waals surface area (Å²) in [6.45, 7) is 3.24. The SMILES string of the molecule is CCCCc1ccc(-c2ccc(CNC3CC3)cc2)cc1. The van der Waals surface area contributed by atoms with E-state index in [1.165, 1.54) is 54.4 Å². The highest BCUT2D eigenvalue weighted by Crippen LogP contribution is 2.22. The van der Waals surface area contributed by atoms with Gasteiger partial charge in [0.2, 0.25) is 0 Å². The average molecular weight is 279 g/mol. The predicted molar refractivity (Wildman–Crippen MR) is 90.4 cm³/mol. The third-order valence-corrected chi connectivity index (χ3v) is 4.23. The van der Waals surface area contributed by atoms with Crippen LogP contribution in [0.25, 0.3) is 11.1 Å². The molecule has 1 aliphatic rings. The van der Waals surface area contributed by atoms with Gasteiger partial charge < -0.3 is 5.32 Å². The number of aryl methyl sites for hydroxylation is 1. The maximum atomic E-state index is 3.56. The van der Waals surface area contributed by atoms with Gasteiger partial charge in [0.25, 0.3) is 0 Å². The molecule has 0 radical (unpaired) electrons. The Labute approximate surface area is 128 Å². The topological polar surface area (TPSA) is 12.0 Å². The number of unbranched alkanes of at least 4 members (excludes halogenated alkanes) is 1. The van der Waals surface area contributed by atoms with E-state index >= 15 is 0 Å². The van der Waals surface area contributed by atoms with Crippen LogP contribution in [0.5, 0.6) is 0 Å². The third-order valence-electron chi connectivity index (χ3n) is 4.23. The van der Waals surface area contributed by atoms with Crippen molar-refractivity contribution in [2.45, 2.75) is 51.6 Å². The molecule has 0 heterocycles. The van der Waals surface area contributed by atoms with Gasteiger partial charge in [0.1, 0.15) is 0 Å². The van der Waals surface area contributed by atoms with Crippen LogP contribution in [0.4, 0.5) is 0 Å². The quantitative estimate of drug-likeness (QED) is 0.756. The first kappa shape index (κ1) is 14.3. The van der Waals surface area contributed by atoms with Gasteiger partial charge in [-0.25, -0.2) is 0 Å². The standard InChI is InChI=1S/C20H25N/c1-2-3-4-16-5-9-18(10-6-16)19-11-7-17(8-12-19)15-21-20-13-14-20/h5-12,20-21H,2-4,13-15H2,1H3. The minimum absolute atomic E-state index is 0.778. The largest absolute Gasteiger partial charge is 0.310 e. The summed E-state index contributed by atoms with van der Waals surface area (Å²) >= 11 is 0. The van der Waals surface area contributed by atoms with E-state index in [1.807, 2.05) is 0 Å². The number of hydrogen-bond acceptors (Lipinski definition) is 1. The molecule has 110 valence electrons. The van der Waals surface area contributed by atoms with E-state index in [1.54, 1.807) is 0 Å². The second kappa shape index (κ2) is 6.91. The zero-order valence-electron chi connectivity index (χ0n) is 12.9. The van der Waals surface area contributed by atoms with Crippen LogP contribution in [0.2, 0.25) is 0 Å². The fourth-order valence-electron chi connectivity index (χ4n) is 2.61. The van der Waals surface area contributed by atoms with Crippen LogP contribution in [0.15, 0.2) is 48.5 Å². The van der Waals surface area contributed by atoms with Crippen molar-refractivity contribution in [2.75, 3.05) is 0 Å². The molecule has 2 aromatic rings. The Morgan fingerprint density at radius 2 is 1.43 bits per heavy atom. The molecule has 0 aliphatic heterocycles. The van der Waals surface area contributed by atoms with Crippen LogP contribution >= 0.6 is 0 Å². The normalized spacial score (nSPS) is 14.3. The molecule has 1 nitrogen and oxygen atoms in total. The van der Waals surface area contributed by atoms with Crippen molar-refractivity contribution in [3.05, 3.63) is 59.7 Å². The van der Waals surface area contributed by atoms with Crippen LogP contribution in [0, 0.1) is 0 Å². The Morgan fingerprint density at radius 1 is 0.857 bits per heavy atom. The van der Waals surface area contributed by atoms with Gasteiger partial charge in [-0.3, -0.25) is 0 Å². The van der Waals surface area contributed by atoms with Crippen LogP contribution in [-0.2, 0) is 13.0 Å². The smallest absolute Gasteiger partial charge is 0.0208 e. The highest BCUT2D eigenvalue weighted by atomic mass is 14.9. The molecular formula is C20H25N. The number of nitrogens with one attached hydrogen (secondary N) is 1. The monoisotopic (exact) mass is 279 g/mol. The Kier molecular flexibility index (Phi) is 4.72. The Balaban J connectivity index is 1.62. The summed E-state index contributed by atoms with van der Waals surface area (Å²) in [5.41, 5.74) is 5.46. The van der Waals surface area contributed by atoms with Crippen molar-refractivity contribution in [3.63, 3.8) is 0 Å². The van der Waals surface area contributed by atoms with E-state index in [0.717, 1.165) is 12.6 Å². The summed E-state index contributed by atoms with van der Waals surface area (Å²) in [6, 6.07) is 18.8. The minimum Gasteiger partial charge on any atom is -0.310 e. The van der Waals surface area contributed by atoms with Gasteiger partial charge >= 0.3 is 0 Å². The van der Waals surface area contributed by atoms with E-state index in [9.17, 15) is 0 Å². The maximum Gasteiger partial charge on any atom is 0.0208 e. The lowest BCUT2D eigenvalue weighted by Crippen LogP contribution is -2.14. The van der Waals surface area contributed by atoms with Gasteiger partial charge in [-0.1, -0.05) is 61.9 Å². The second-order valence-electron chi connectivity index (χ2n) is 6.15. The molecule has 1 heteroatoms. The first-order valence-corrected chi connectivity index (χ1v) is 8.27. The molecule has 1 saturated carbocycles. The van der Waals surface area contributed by atoms with Crippen molar-refractivity contribution >= 4 is 0 Å². The third kappa shape index (κ3) is 4.18. The molecule has 0 bridgehead atoms. The van der Waals surface area contributed by atoms with Gasteiger partial charge in [0.05, 0.1) is 0 Å². The zero-order chi connectivity index (χ0) is 14.5. The molecule has 0 aromatic heterocycles. The van der Waals surface area contributed by atoms with Crippen molar-refractivity contribution < 1.29 is 0 Å². The molecule has 1 aliphatic carbocycles. The van der Waals surface area contributed by atoms with Gasteiger partial charge in [0.15, 0.2) is 0 Å². The van der Waals surface area contributed by atoms with Gasteiger partial charge in [-0.15, -0.1) is 0 Å². The maximum absolute atomic E-state index is 3.56. The van der Waals surface area contributed by atoms with Crippen LogP contribution < -0.4 is 5.32 Å². The van der Waals surface area contributed by atoms with E-state index in [-0.39, 0.29) is 0 Å². The Morgan fingerprint density at radius 3 is 1.95 bits per heavy atom. The molecule has 0 unspecified atom stereocenters. The van der Waals surface area contributed by atoms with Gasteiger partial charge in [0, 0.05) is 12.6 Å². The first-order chi connectivity index (χ1) is 10.3. The van der Waals surface area contributed by atoms with Crippen molar-refractivity contribution in [1.82, 2.24) is 5.32 Å². The molecule has 0 spiro atoms. The summed E-state index contributed by atoms with van der Waals surface area (Å²) in [5, 5.41) is 3.56. The molecule has 3 rings (SSSR count). The van der Waals surface area contributed by atoms with Crippen LogP contribution in [0.1, 0.15) is 43.7 Å². The number of hydrogen-bond donors (Lipinski definition) is 1. The average Bonchev–Trinajstić information content (AvgIpc) is 3.36. The summed E-state index contributed by atoms with van der Waals surface area (Å²) in [5.74, 6) is 0. The fourth-order valence-corrected chi connectivity index (χ4v) is 2.61. The molecule has 0 saturated heterocycles. The van der Waals surface area contributed by atoms with Gasteiger partial charge in [-0.2, -0.15) is 0 Å². The molecular weight excluding hydrogens is 254 g/mol. The summed E-state index contributed by atoms with van der Waals surface area (Å²) in [6.07, 6.45) is 6.44. The molecule has 1 fully saturated rings. The highest BCUT2D eigenvalue weighted by Gasteiger charge is 2.19. The predicted octanol–water partition coefficient (Wildman–Crippen LogP) is 4.95. The van der Waals surface area contributed by atoms with E-state index in [2.05, 4.69) is 60.8 Å². The molecule has 1 N–H and O–H groups in total. The zero-order valence-corrected chi connectivity index (χ0v) is 12.9. The first-order valence-electron chi connectivity index (χ1n) is 8.27. The highest BCUT2D eigenvalue weighted by molar-refractivity contribution is 5.63. The lowest BCUT2D eigenvalue weighted by molar-refractivity contribution is 0.688. The van der Waals surface area contributed by atoms with Gasteiger partial charge in [-0.05, 0) is 47.9 Å². The number of rotatable bonds is 7. The van der Waals surface area contributed by atoms with Crippen molar-refractivity contribution in [2.24, 2.45) is 0 Å². The number of benzene rings is 2. The summed E-state index contributed by atoms with van der Waals surface area (Å²) in [4.78, 5) is 0. The lowest BCUT2D eigenvalue weighted by atomic mass is 10.0. The van der Waals surface area contributed by atoms with Crippen molar-refractivity contribution in [1.29, 1.82) is 0 Å². The minimum atomic E-state index is 0.778. The van der Waals surface area contributed by atoms with E-state index < -0.39 is 0 Å². The van der Waals surface area contributed by atoms with Crippen LogP contribution in [0.3, 0.4) is 0 Å². The molecule has 21 heavy (non-hydrogen) atoms. The van der Waals surface area contributed by atoms with E-state index in [4.69, 9.17) is 0 Å². The second-order valence-corrected chi connectivity index (χ2v) is 6.15. The summed E-state index contributed by atoms with van der Waals surface area (Å²) in [7, 11) is 0. The molecule has 0 atom stereocenters. The lowest BCUT2D eigenvalue weighted by Gasteiger charge is -2.07.